The molecule has 0 aliphatic heterocycles. The van der Waals surface area contributed by atoms with E-state index in [0.717, 1.165) is 23.5 Å². The van der Waals surface area contributed by atoms with Gasteiger partial charge in [-0.2, -0.15) is 0 Å². The normalized spacial score (nSPS) is 12.4. The Morgan fingerprint density at radius 3 is 2.02 bits per heavy atom. The SMILES string of the molecule is C=C(C)C(=O)OCCNC(=O)OC(COc1ccc(C(C(C)C)C(C(C)C)C(C)C)cc1)CSc1ccc(CCC)cc1.CC.[HH]. The minimum Gasteiger partial charge on any atom is -0.490 e. The fourth-order valence-electron chi connectivity index (χ4n) is 5.59. The van der Waals surface area contributed by atoms with Crippen LogP contribution < -0.4 is 10.1 Å². The van der Waals surface area contributed by atoms with E-state index in [1.807, 2.05) is 26.0 Å². The van der Waals surface area contributed by atoms with Gasteiger partial charge in [-0.1, -0.05) is 99.6 Å². The summed E-state index contributed by atoms with van der Waals surface area (Å²) in [6.07, 6.45) is 1.09. The van der Waals surface area contributed by atoms with Gasteiger partial charge in [0.2, 0.25) is 0 Å². The molecule has 1 N–H and O–H groups in total. The molecule has 0 aliphatic rings. The predicted octanol–water partition coefficient (Wildman–Crippen LogP) is 9.96. The van der Waals surface area contributed by atoms with Crippen molar-refractivity contribution in [3.8, 4) is 5.75 Å². The highest BCUT2D eigenvalue weighted by atomic mass is 32.2. The quantitative estimate of drug-likeness (QED) is 0.0754. The van der Waals surface area contributed by atoms with Gasteiger partial charge in [-0.25, -0.2) is 9.59 Å². The number of rotatable bonds is 18. The summed E-state index contributed by atoms with van der Waals surface area (Å²) in [7, 11) is 0. The molecule has 2 atom stereocenters. The summed E-state index contributed by atoms with van der Waals surface area (Å²) in [6.45, 7) is 25.6. The molecule has 0 heterocycles. The number of hydrogen-bond donors (Lipinski definition) is 1. The van der Waals surface area contributed by atoms with E-state index in [9.17, 15) is 9.59 Å². The Balaban J connectivity index is 0.00000661. The van der Waals surface area contributed by atoms with Gasteiger partial charge in [0.15, 0.2) is 0 Å². The standard InChI is InChI=1S/C36H53NO5S.C2H6.H2/c1-10-11-28-12-18-32(19-13-28)43-23-31(42-36(39)37-20-21-40-35(38)27(8)9)22-41-30-16-14-29(15-17-30)34(26(6)7)33(24(2)3)25(4)5;1-2;/h12-19,24-26,31,33-34H,8,10-11,20-23H2,1-7,9H3,(H,37,39);1-2H3;1H. The molecular formula is C38H61NO5S. The Hall–Kier alpha value is -2.93. The van der Waals surface area contributed by atoms with E-state index in [4.69, 9.17) is 14.2 Å². The fraction of sp³-hybridized carbons (Fsp3) is 0.579. The summed E-state index contributed by atoms with van der Waals surface area (Å²) in [5.74, 6) is 3.53. The minimum absolute atomic E-state index is 0. The third kappa shape index (κ3) is 14.8. The molecule has 0 radical (unpaired) electrons. The molecular weight excluding hydrogens is 582 g/mol. The van der Waals surface area contributed by atoms with Gasteiger partial charge in [-0.05, 0) is 78.3 Å². The highest BCUT2D eigenvalue weighted by Crippen LogP contribution is 2.41. The van der Waals surface area contributed by atoms with Crippen molar-refractivity contribution in [3.63, 3.8) is 0 Å². The molecule has 6 nitrogen and oxygen atoms in total. The minimum atomic E-state index is -0.581. The molecule has 1 amide bonds. The van der Waals surface area contributed by atoms with Gasteiger partial charge in [0.1, 0.15) is 25.1 Å². The maximum absolute atomic E-state index is 12.6. The molecule has 0 spiro atoms. The Labute approximate surface area is 279 Å². The number of nitrogens with one attached hydrogen (secondary N) is 1. The number of alkyl carbamates (subject to hydrolysis) is 1. The lowest BCUT2D eigenvalue weighted by atomic mass is 9.68. The van der Waals surface area contributed by atoms with Gasteiger partial charge >= 0.3 is 12.1 Å². The maximum Gasteiger partial charge on any atom is 0.407 e. The Morgan fingerprint density at radius 2 is 1.51 bits per heavy atom. The molecule has 254 valence electrons. The van der Waals surface area contributed by atoms with Gasteiger partial charge in [0, 0.05) is 17.6 Å². The van der Waals surface area contributed by atoms with Crippen molar-refractivity contribution < 1.29 is 25.2 Å². The number of hydrogen-bond acceptors (Lipinski definition) is 6. The number of benzene rings is 2. The largest absolute Gasteiger partial charge is 0.490 e. The van der Waals surface area contributed by atoms with Crippen molar-refractivity contribution in [1.29, 1.82) is 0 Å². The van der Waals surface area contributed by atoms with Crippen LogP contribution in [0.15, 0.2) is 65.6 Å². The molecule has 0 aliphatic carbocycles. The van der Waals surface area contributed by atoms with Gasteiger partial charge in [0.05, 0.1) is 6.54 Å². The number of thioether (sulfide) groups is 1. The fourth-order valence-corrected chi connectivity index (χ4v) is 6.46. The topological polar surface area (TPSA) is 73.9 Å². The van der Waals surface area contributed by atoms with Gasteiger partial charge < -0.3 is 19.5 Å². The first-order valence-corrected chi connectivity index (χ1v) is 17.6. The van der Waals surface area contributed by atoms with E-state index in [1.54, 1.807) is 18.7 Å². The average molecular weight is 644 g/mol. The van der Waals surface area contributed by atoms with Crippen LogP contribution >= 0.6 is 11.8 Å². The second-order valence-corrected chi connectivity index (χ2v) is 13.4. The smallest absolute Gasteiger partial charge is 0.407 e. The lowest BCUT2D eigenvalue weighted by molar-refractivity contribution is -0.138. The maximum atomic E-state index is 12.6. The number of aryl methyl sites for hydroxylation is 1. The van der Waals surface area contributed by atoms with Crippen LogP contribution in [0.4, 0.5) is 4.79 Å². The van der Waals surface area contributed by atoms with E-state index >= 15 is 0 Å². The summed E-state index contributed by atoms with van der Waals surface area (Å²) >= 11 is 1.62. The number of amides is 1. The van der Waals surface area contributed by atoms with Crippen molar-refractivity contribution in [2.45, 2.75) is 99.0 Å². The molecule has 0 saturated carbocycles. The Morgan fingerprint density at radius 1 is 0.911 bits per heavy atom. The number of carbonyl (C=O) groups is 2. The van der Waals surface area contributed by atoms with Crippen molar-refractivity contribution >= 4 is 23.8 Å². The van der Waals surface area contributed by atoms with E-state index in [0.29, 0.717) is 40.9 Å². The Kier molecular flexibility index (Phi) is 19.4. The molecule has 0 fully saturated rings. The van der Waals surface area contributed by atoms with E-state index < -0.39 is 18.2 Å². The first-order valence-electron chi connectivity index (χ1n) is 16.6. The molecule has 2 aromatic rings. The third-order valence-electron chi connectivity index (χ3n) is 7.50. The van der Waals surface area contributed by atoms with E-state index in [-0.39, 0.29) is 21.2 Å². The molecule has 2 unspecified atom stereocenters. The van der Waals surface area contributed by atoms with Gasteiger partial charge in [-0.3, -0.25) is 0 Å². The summed E-state index contributed by atoms with van der Waals surface area (Å²) in [5.41, 5.74) is 2.95. The first-order chi connectivity index (χ1) is 21.4. The highest BCUT2D eigenvalue weighted by Gasteiger charge is 2.31. The lowest BCUT2D eigenvalue weighted by Gasteiger charge is -2.36. The van der Waals surface area contributed by atoms with Crippen molar-refractivity contribution in [2.75, 3.05) is 25.5 Å². The molecule has 7 heteroatoms. The van der Waals surface area contributed by atoms with Crippen LogP contribution in [-0.2, 0) is 20.7 Å². The summed E-state index contributed by atoms with van der Waals surface area (Å²) in [6, 6.07) is 16.9. The molecule has 2 aromatic carbocycles. The van der Waals surface area contributed by atoms with Crippen LogP contribution in [0, 0.1) is 23.7 Å². The molecule has 0 saturated heterocycles. The number of ether oxygens (including phenoxy) is 3. The van der Waals surface area contributed by atoms with Crippen molar-refractivity contribution in [3.05, 3.63) is 71.8 Å². The summed E-state index contributed by atoms with van der Waals surface area (Å²) < 4.78 is 16.9. The van der Waals surface area contributed by atoms with Gasteiger partial charge in [-0.15, -0.1) is 11.8 Å². The molecule has 45 heavy (non-hydrogen) atoms. The highest BCUT2D eigenvalue weighted by molar-refractivity contribution is 7.99. The second kappa shape index (κ2) is 21.7. The van der Waals surface area contributed by atoms with Crippen molar-refractivity contribution in [1.82, 2.24) is 5.32 Å². The van der Waals surface area contributed by atoms with Gasteiger partial charge in [0.25, 0.3) is 0 Å². The van der Waals surface area contributed by atoms with E-state index in [1.165, 1.54) is 11.1 Å². The molecule has 0 aromatic heterocycles. The zero-order valence-corrected chi connectivity index (χ0v) is 30.3. The third-order valence-corrected chi connectivity index (χ3v) is 8.64. The van der Waals surface area contributed by atoms with Crippen LogP contribution in [0.5, 0.6) is 5.75 Å². The summed E-state index contributed by atoms with van der Waals surface area (Å²) in [4.78, 5) is 25.2. The lowest BCUT2D eigenvalue weighted by Crippen LogP contribution is -2.35. The van der Waals surface area contributed by atoms with E-state index in [2.05, 4.69) is 96.8 Å². The average Bonchev–Trinajstić information content (AvgIpc) is 3.00. The number of carbonyl (C=O) groups excluding carboxylic acids is 2. The molecule has 2 rings (SSSR count). The zero-order chi connectivity index (χ0) is 33.9. The van der Waals surface area contributed by atoms with Crippen LogP contribution in [0.1, 0.15) is 94.1 Å². The molecule has 0 bridgehead atoms. The van der Waals surface area contributed by atoms with Crippen LogP contribution in [0.25, 0.3) is 0 Å². The predicted molar refractivity (Wildman–Crippen MR) is 191 cm³/mol. The van der Waals surface area contributed by atoms with Crippen molar-refractivity contribution in [2.24, 2.45) is 23.7 Å². The second-order valence-electron chi connectivity index (χ2n) is 12.3. The number of esters is 1. The van der Waals surface area contributed by atoms with Crippen LogP contribution in [0.3, 0.4) is 0 Å². The Bertz CT molecular complexity index is 1130. The summed E-state index contributed by atoms with van der Waals surface area (Å²) in [5, 5.41) is 2.65. The van der Waals surface area contributed by atoms with Crippen LogP contribution in [-0.4, -0.2) is 43.7 Å². The monoisotopic (exact) mass is 643 g/mol. The van der Waals surface area contributed by atoms with Crippen LogP contribution in [0.2, 0.25) is 0 Å². The first kappa shape index (κ1) is 40.1. The zero-order valence-electron chi connectivity index (χ0n) is 29.5.